The molecule has 0 N–H and O–H groups in total. The van der Waals surface area contributed by atoms with E-state index in [0.717, 1.165) is 0 Å². The van der Waals surface area contributed by atoms with Crippen LogP contribution in [0.15, 0.2) is 93.5 Å². The topological polar surface area (TPSA) is 68.3 Å². The molecular formula is C19H14O4S2. The average Bonchev–Trinajstić information content (AvgIpc) is 2.63. The number of hydrogen-bond donors (Lipinski definition) is 0. The standard InChI is InChI=1S/C19H14O4S2/c20-24(21,14-8-2-1-3-9-14)19-15-10-4-6-12-17(15)25(22,23)18-13-7-5-11-16(18)19/h1-13,19H. The normalized spacial score (nSPS) is 16.0. The van der Waals surface area contributed by atoms with Gasteiger partial charge in [0.1, 0.15) is 5.25 Å². The van der Waals surface area contributed by atoms with E-state index in [4.69, 9.17) is 0 Å². The summed E-state index contributed by atoms with van der Waals surface area (Å²) in [5.74, 6) is 0. The fraction of sp³-hybridized carbons (Fsp3) is 0.0526. The van der Waals surface area contributed by atoms with Gasteiger partial charge in [-0.15, -0.1) is 0 Å². The van der Waals surface area contributed by atoms with Crippen molar-refractivity contribution in [2.75, 3.05) is 0 Å². The molecule has 1 aliphatic heterocycles. The molecule has 0 unspecified atom stereocenters. The van der Waals surface area contributed by atoms with Crippen molar-refractivity contribution in [3.8, 4) is 0 Å². The molecule has 0 aliphatic carbocycles. The predicted molar refractivity (Wildman–Crippen MR) is 93.8 cm³/mol. The molecule has 0 bridgehead atoms. The molecule has 1 aliphatic rings. The number of fused-ring (bicyclic) bond motifs is 2. The maximum atomic E-state index is 13.3. The minimum Gasteiger partial charge on any atom is -0.223 e. The van der Waals surface area contributed by atoms with Gasteiger partial charge in [0, 0.05) is 0 Å². The van der Waals surface area contributed by atoms with Crippen molar-refractivity contribution >= 4 is 19.7 Å². The molecule has 25 heavy (non-hydrogen) atoms. The first-order chi connectivity index (χ1) is 11.9. The van der Waals surface area contributed by atoms with Crippen LogP contribution >= 0.6 is 0 Å². The Morgan fingerprint density at radius 3 is 1.60 bits per heavy atom. The molecule has 6 heteroatoms. The van der Waals surface area contributed by atoms with Gasteiger partial charge in [-0.2, -0.15) is 0 Å². The molecule has 0 radical (unpaired) electrons. The van der Waals surface area contributed by atoms with Crippen LogP contribution in [-0.4, -0.2) is 16.8 Å². The van der Waals surface area contributed by atoms with Crippen molar-refractivity contribution in [2.45, 2.75) is 19.9 Å². The summed E-state index contributed by atoms with van der Waals surface area (Å²) >= 11 is 0. The van der Waals surface area contributed by atoms with E-state index in [0.29, 0.717) is 11.1 Å². The van der Waals surface area contributed by atoms with Crippen LogP contribution in [0.2, 0.25) is 0 Å². The molecule has 0 saturated carbocycles. The fourth-order valence-electron chi connectivity index (χ4n) is 3.25. The predicted octanol–water partition coefficient (Wildman–Crippen LogP) is 3.40. The second-order valence-electron chi connectivity index (χ2n) is 5.82. The van der Waals surface area contributed by atoms with Crippen LogP contribution in [-0.2, 0) is 19.7 Å². The summed E-state index contributed by atoms with van der Waals surface area (Å²) in [6.07, 6.45) is 0. The molecule has 0 saturated heterocycles. The van der Waals surface area contributed by atoms with Crippen molar-refractivity contribution in [1.82, 2.24) is 0 Å². The van der Waals surface area contributed by atoms with Gasteiger partial charge in [-0.25, -0.2) is 16.8 Å². The number of benzene rings is 3. The third-order valence-electron chi connectivity index (χ3n) is 4.36. The lowest BCUT2D eigenvalue weighted by atomic mass is 10.0. The van der Waals surface area contributed by atoms with Gasteiger partial charge in [0.15, 0.2) is 9.84 Å². The third-order valence-corrected chi connectivity index (χ3v) is 8.32. The molecule has 4 rings (SSSR count). The van der Waals surface area contributed by atoms with Gasteiger partial charge in [0.25, 0.3) is 0 Å². The second-order valence-corrected chi connectivity index (χ2v) is 9.74. The maximum Gasteiger partial charge on any atom is 0.207 e. The molecule has 1 heterocycles. The Labute approximate surface area is 146 Å². The summed E-state index contributed by atoms with van der Waals surface area (Å²) in [5.41, 5.74) is 0.593. The molecular weight excluding hydrogens is 356 g/mol. The van der Waals surface area contributed by atoms with Crippen molar-refractivity contribution in [3.05, 3.63) is 90.0 Å². The van der Waals surface area contributed by atoms with Gasteiger partial charge in [-0.3, -0.25) is 0 Å². The van der Waals surface area contributed by atoms with Crippen molar-refractivity contribution in [2.24, 2.45) is 0 Å². The van der Waals surface area contributed by atoms with E-state index in [1.165, 1.54) is 24.3 Å². The smallest absolute Gasteiger partial charge is 0.207 e. The van der Waals surface area contributed by atoms with Crippen LogP contribution in [0.25, 0.3) is 0 Å². The first kappa shape index (κ1) is 16.1. The monoisotopic (exact) mass is 370 g/mol. The lowest BCUT2D eigenvalue weighted by Crippen LogP contribution is -2.24. The lowest BCUT2D eigenvalue weighted by Gasteiger charge is -2.28. The largest absolute Gasteiger partial charge is 0.223 e. The van der Waals surface area contributed by atoms with Gasteiger partial charge >= 0.3 is 0 Å². The minimum atomic E-state index is -3.80. The first-order valence-corrected chi connectivity index (χ1v) is 10.7. The summed E-state index contributed by atoms with van der Waals surface area (Å²) in [6, 6.07) is 20.7. The summed E-state index contributed by atoms with van der Waals surface area (Å²) in [4.78, 5) is 0.278. The highest BCUT2D eigenvalue weighted by molar-refractivity contribution is 7.93. The van der Waals surface area contributed by atoms with E-state index in [1.807, 2.05) is 0 Å². The first-order valence-electron chi connectivity index (χ1n) is 7.66. The van der Waals surface area contributed by atoms with Crippen molar-refractivity contribution in [1.29, 1.82) is 0 Å². The van der Waals surface area contributed by atoms with Crippen LogP contribution in [0, 0.1) is 0 Å². The van der Waals surface area contributed by atoms with Gasteiger partial charge in [-0.05, 0) is 35.4 Å². The Morgan fingerprint density at radius 1 is 0.640 bits per heavy atom. The Morgan fingerprint density at radius 2 is 1.08 bits per heavy atom. The van der Waals surface area contributed by atoms with E-state index >= 15 is 0 Å². The third kappa shape index (κ3) is 2.33. The van der Waals surface area contributed by atoms with Crippen LogP contribution in [0.5, 0.6) is 0 Å². The summed E-state index contributed by atoms with van der Waals surface area (Å²) < 4.78 is 52.5. The Kier molecular flexibility index (Phi) is 3.56. The molecule has 0 amide bonds. The van der Waals surface area contributed by atoms with Crippen LogP contribution in [0.3, 0.4) is 0 Å². The zero-order valence-corrected chi connectivity index (χ0v) is 14.7. The fourth-order valence-corrected chi connectivity index (χ4v) is 7.03. The molecule has 0 fully saturated rings. The highest BCUT2D eigenvalue weighted by atomic mass is 32.2. The number of hydrogen-bond acceptors (Lipinski definition) is 4. The van der Waals surface area contributed by atoms with Crippen LogP contribution in [0.1, 0.15) is 16.4 Å². The highest BCUT2D eigenvalue weighted by Gasteiger charge is 2.42. The van der Waals surface area contributed by atoms with Gasteiger partial charge in [0.05, 0.1) is 14.7 Å². The van der Waals surface area contributed by atoms with E-state index in [2.05, 4.69) is 0 Å². The van der Waals surface area contributed by atoms with Gasteiger partial charge in [0.2, 0.25) is 9.84 Å². The second kappa shape index (κ2) is 5.54. The maximum absolute atomic E-state index is 13.3. The SMILES string of the molecule is O=S1(=O)c2ccccc2C(S(=O)(=O)c2ccccc2)c2ccccc21. The van der Waals surface area contributed by atoms with Crippen molar-refractivity contribution < 1.29 is 16.8 Å². The molecule has 0 spiro atoms. The average molecular weight is 370 g/mol. The van der Waals surface area contributed by atoms with E-state index < -0.39 is 24.9 Å². The zero-order valence-electron chi connectivity index (χ0n) is 13.0. The lowest BCUT2D eigenvalue weighted by molar-refractivity contribution is 0.579. The van der Waals surface area contributed by atoms with Crippen molar-refractivity contribution in [3.63, 3.8) is 0 Å². The summed E-state index contributed by atoms with van der Waals surface area (Å²) in [7, 11) is -7.54. The van der Waals surface area contributed by atoms with Gasteiger partial charge in [-0.1, -0.05) is 54.6 Å². The Hall–Kier alpha value is -2.44. The molecule has 126 valence electrons. The van der Waals surface area contributed by atoms with E-state index in [-0.39, 0.29) is 14.7 Å². The molecule has 4 nitrogen and oxygen atoms in total. The number of sulfone groups is 2. The molecule has 3 aromatic rings. The van der Waals surface area contributed by atoms with Crippen LogP contribution in [0.4, 0.5) is 0 Å². The molecule has 0 atom stereocenters. The quantitative estimate of drug-likeness (QED) is 0.693. The summed E-state index contributed by atoms with van der Waals surface area (Å²) in [5, 5.41) is -1.05. The Bertz CT molecular complexity index is 1110. The Balaban J connectivity index is 2.09. The van der Waals surface area contributed by atoms with Gasteiger partial charge < -0.3 is 0 Å². The summed E-state index contributed by atoms with van der Waals surface area (Å²) in [6.45, 7) is 0. The van der Waals surface area contributed by atoms with Crippen LogP contribution < -0.4 is 0 Å². The highest BCUT2D eigenvalue weighted by Crippen LogP contribution is 2.46. The molecule has 3 aromatic carbocycles. The number of rotatable bonds is 2. The molecule has 0 aromatic heterocycles. The van der Waals surface area contributed by atoms with E-state index in [9.17, 15) is 16.8 Å². The zero-order chi connectivity index (χ0) is 17.7. The van der Waals surface area contributed by atoms with E-state index in [1.54, 1.807) is 54.6 Å². The minimum absolute atomic E-state index is 0.0539.